The van der Waals surface area contributed by atoms with Gasteiger partial charge in [0.05, 0.1) is 10.2 Å². The molecule has 17 heavy (non-hydrogen) atoms. The first-order chi connectivity index (χ1) is 8.07. The Morgan fingerprint density at radius 1 is 1.06 bits per heavy atom. The lowest BCUT2D eigenvalue weighted by Gasteiger charge is -2.13. The molecule has 0 aliphatic heterocycles. The summed E-state index contributed by atoms with van der Waals surface area (Å²) in [6, 6.07) is 2.16. The maximum atomic E-state index is 5.81. The molecule has 5 heteroatoms. The summed E-state index contributed by atoms with van der Waals surface area (Å²) in [6.07, 6.45) is 1.05. The van der Waals surface area contributed by atoms with E-state index in [2.05, 4.69) is 87.7 Å². The van der Waals surface area contributed by atoms with Crippen molar-refractivity contribution >= 4 is 67.8 Å². The second-order valence-corrected chi connectivity index (χ2v) is 6.91. The lowest BCUT2D eigenvalue weighted by molar-refractivity contribution is 0.100. The number of aryl methyl sites for hydroxylation is 1. The lowest BCUT2D eigenvalue weighted by atomic mass is 10.2. The van der Waals surface area contributed by atoms with Gasteiger partial charge in [0.2, 0.25) is 0 Å². The van der Waals surface area contributed by atoms with Crippen LogP contribution in [-0.2, 0) is 4.74 Å². The molecule has 96 valence electrons. The minimum Gasteiger partial charge on any atom is -0.490 e. The van der Waals surface area contributed by atoms with Crippen LogP contribution < -0.4 is 4.74 Å². The Morgan fingerprint density at radius 2 is 1.76 bits per heavy atom. The first-order valence-corrected chi connectivity index (χ1v) is 8.66. The fourth-order valence-corrected chi connectivity index (χ4v) is 3.85. The van der Waals surface area contributed by atoms with Crippen molar-refractivity contribution in [2.24, 2.45) is 0 Å². The monoisotopic (exact) mass is 572 g/mol. The van der Waals surface area contributed by atoms with Gasteiger partial charge in [0, 0.05) is 13.7 Å². The minimum atomic E-state index is 0.619. The van der Waals surface area contributed by atoms with E-state index in [9.17, 15) is 0 Å². The SMILES string of the molecule is CCCOCCOc1c(C)cc(I)c(I)c1I. The number of hydrogen-bond donors (Lipinski definition) is 0. The number of ether oxygens (including phenoxy) is 2. The van der Waals surface area contributed by atoms with Crippen molar-refractivity contribution in [2.45, 2.75) is 20.3 Å². The lowest BCUT2D eigenvalue weighted by Crippen LogP contribution is -2.09. The summed E-state index contributed by atoms with van der Waals surface area (Å²) in [5, 5.41) is 0. The predicted octanol–water partition coefficient (Wildman–Crippen LogP) is 4.61. The van der Waals surface area contributed by atoms with Gasteiger partial charge >= 0.3 is 0 Å². The third-order valence-corrected chi connectivity index (χ3v) is 7.19. The average molecular weight is 572 g/mol. The van der Waals surface area contributed by atoms with E-state index in [4.69, 9.17) is 9.47 Å². The number of halogens is 3. The van der Waals surface area contributed by atoms with Gasteiger partial charge in [-0.3, -0.25) is 0 Å². The molecule has 1 aromatic rings. The van der Waals surface area contributed by atoms with Crippen LogP contribution in [0.4, 0.5) is 0 Å². The Labute approximate surface area is 144 Å². The Bertz CT molecular complexity index is 381. The highest BCUT2D eigenvalue weighted by Gasteiger charge is 2.12. The fourth-order valence-electron chi connectivity index (χ4n) is 1.32. The summed E-state index contributed by atoms with van der Waals surface area (Å²) in [6.45, 7) is 6.28. The number of benzene rings is 1. The molecule has 1 aromatic carbocycles. The van der Waals surface area contributed by atoms with E-state index >= 15 is 0 Å². The first kappa shape index (κ1) is 16.2. The van der Waals surface area contributed by atoms with E-state index in [1.165, 1.54) is 16.3 Å². The molecule has 0 aromatic heterocycles. The van der Waals surface area contributed by atoms with Gasteiger partial charge in [-0.05, 0) is 92.7 Å². The summed E-state index contributed by atoms with van der Waals surface area (Å²) in [7, 11) is 0. The molecule has 2 nitrogen and oxygen atoms in total. The zero-order valence-corrected chi connectivity index (χ0v) is 16.3. The molecule has 0 spiro atoms. The van der Waals surface area contributed by atoms with Gasteiger partial charge < -0.3 is 9.47 Å². The molecule has 0 atom stereocenters. The molecular weight excluding hydrogens is 557 g/mol. The van der Waals surface area contributed by atoms with Crippen molar-refractivity contribution in [1.82, 2.24) is 0 Å². The van der Waals surface area contributed by atoms with E-state index in [0.717, 1.165) is 18.8 Å². The van der Waals surface area contributed by atoms with Crippen molar-refractivity contribution < 1.29 is 9.47 Å². The molecule has 0 heterocycles. The first-order valence-electron chi connectivity index (χ1n) is 5.42. The van der Waals surface area contributed by atoms with Crippen molar-refractivity contribution in [1.29, 1.82) is 0 Å². The summed E-state index contributed by atoms with van der Waals surface area (Å²) in [4.78, 5) is 0. The van der Waals surface area contributed by atoms with Gasteiger partial charge in [-0.2, -0.15) is 0 Å². The predicted molar refractivity (Wildman–Crippen MR) is 95.9 cm³/mol. The van der Waals surface area contributed by atoms with Gasteiger partial charge in [0.15, 0.2) is 0 Å². The largest absolute Gasteiger partial charge is 0.490 e. The molecule has 1 rings (SSSR count). The van der Waals surface area contributed by atoms with Crippen LogP contribution in [0, 0.1) is 17.6 Å². The summed E-state index contributed by atoms with van der Waals surface area (Å²) in [5.74, 6) is 0.996. The fraction of sp³-hybridized carbons (Fsp3) is 0.500. The van der Waals surface area contributed by atoms with Crippen LogP contribution in [-0.4, -0.2) is 19.8 Å². The summed E-state index contributed by atoms with van der Waals surface area (Å²) < 4.78 is 15.0. The van der Waals surface area contributed by atoms with Crippen LogP contribution >= 0.6 is 67.8 Å². The van der Waals surface area contributed by atoms with Crippen LogP contribution in [0.3, 0.4) is 0 Å². The summed E-state index contributed by atoms with van der Waals surface area (Å²) >= 11 is 7.06. The zero-order chi connectivity index (χ0) is 12.8. The van der Waals surface area contributed by atoms with Gasteiger partial charge in [0.1, 0.15) is 12.4 Å². The second kappa shape index (κ2) is 8.36. The zero-order valence-electron chi connectivity index (χ0n) is 9.86. The smallest absolute Gasteiger partial charge is 0.136 e. The molecule has 0 aliphatic rings. The Hall–Kier alpha value is 1.17. The molecule has 0 radical (unpaired) electrons. The quantitative estimate of drug-likeness (QED) is 0.282. The van der Waals surface area contributed by atoms with Crippen LogP contribution in [0.1, 0.15) is 18.9 Å². The van der Waals surface area contributed by atoms with Gasteiger partial charge in [-0.25, -0.2) is 0 Å². The third-order valence-electron chi connectivity index (χ3n) is 2.13. The molecule has 0 aliphatic carbocycles. The van der Waals surface area contributed by atoms with E-state index in [0.29, 0.717) is 13.2 Å². The second-order valence-electron chi connectivity index (χ2n) is 3.59. The molecular formula is C12H15I3O2. The highest BCUT2D eigenvalue weighted by molar-refractivity contribution is 14.1. The van der Waals surface area contributed by atoms with E-state index in [1.807, 2.05) is 0 Å². The highest BCUT2D eigenvalue weighted by Crippen LogP contribution is 2.32. The Kier molecular flexibility index (Phi) is 7.98. The van der Waals surface area contributed by atoms with Gasteiger partial charge in [-0.15, -0.1) is 0 Å². The molecule has 0 unspecified atom stereocenters. The van der Waals surface area contributed by atoms with Crippen LogP contribution in [0.5, 0.6) is 5.75 Å². The number of rotatable bonds is 6. The van der Waals surface area contributed by atoms with Crippen LogP contribution in [0.25, 0.3) is 0 Å². The van der Waals surface area contributed by atoms with Crippen molar-refractivity contribution in [3.63, 3.8) is 0 Å². The van der Waals surface area contributed by atoms with Gasteiger partial charge in [0.25, 0.3) is 0 Å². The standard InChI is InChI=1S/C12H15I3O2/c1-3-4-16-5-6-17-12-8(2)7-9(13)10(14)11(12)15/h7H,3-6H2,1-2H3. The Morgan fingerprint density at radius 3 is 2.41 bits per heavy atom. The molecule has 0 saturated carbocycles. The van der Waals surface area contributed by atoms with Crippen molar-refractivity contribution in [3.8, 4) is 5.75 Å². The van der Waals surface area contributed by atoms with E-state index in [1.54, 1.807) is 0 Å². The molecule has 0 amide bonds. The topological polar surface area (TPSA) is 18.5 Å². The number of hydrogen-bond acceptors (Lipinski definition) is 2. The average Bonchev–Trinajstić information content (AvgIpc) is 2.30. The van der Waals surface area contributed by atoms with E-state index in [-0.39, 0.29) is 0 Å². The molecule has 0 fully saturated rings. The van der Waals surface area contributed by atoms with Gasteiger partial charge in [-0.1, -0.05) is 6.92 Å². The van der Waals surface area contributed by atoms with Crippen LogP contribution in [0.2, 0.25) is 0 Å². The highest BCUT2D eigenvalue weighted by atomic mass is 127. The maximum absolute atomic E-state index is 5.81. The summed E-state index contributed by atoms with van der Waals surface area (Å²) in [5.41, 5.74) is 1.19. The van der Waals surface area contributed by atoms with E-state index < -0.39 is 0 Å². The van der Waals surface area contributed by atoms with Crippen LogP contribution in [0.15, 0.2) is 6.07 Å². The molecule has 0 bridgehead atoms. The normalized spacial score (nSPS) is 10.6. The minimum absolute atomic E-state index is 0.619. The molecule has 0 saturated heterocycles. The third kappa shape index (κ3) is 4.98. The molecule has 0 N–H and O–H groups in total. The van der Waals surface area contributed by atoms with Crippen molar-refractivity contribution in [2.75, 3.05) is 19.8 Å². The van der Waals surface area contributed by atoms with Crippen molar-refractivity contribution in [3.05, 3.63) is 22.3 Å². The Balaban J connectivity index is 2.62. The maximum Gasteiger partial charge on any atom is 0.136 e.